The largest absolute Gasteiger partial charge is 0.393 e. The average molecular weight is 236 g/mol. The van der Waals surface area contributed by atoms with Gasteiger partial charge < -0.3 is 10.0 Å². The molecule has 0 saturated carbocycles. The van der Waals surface area contributed by atoms with Crippen molar-refractivity contribution in [1.82, 2.24) is 9.88 Å². The molecule has 1 heterocycles. The van der Waals surface area contributed by atoms with Crippen LogP contribution in [0.3, 0.4) is 0 Å². The molecular formula is C14H24N2O. The third kappa shape index (κ3) is 4.84. The lowest BCUT2D eigenvalue weighted by Crippen LogP contribution is -2.39. The Balaban J connectivity index is 2.38. The average Bonchev–Trinajstić information content (AvgIpc) is 2.27. The van der Waals surface area contributed by atoms with E-state index < -0.39 is 0 Å². The van der Waals surface area contributed by atoms with E-state index in [-0.39, 0.29) is 11.5 Å². The zero-order valence-corrected chi connectivity index (χ0v) is 11.3. The van der Waals surface area contributed by atoms with Crippen LogP contribution in [0, 0.1) is 5.41 Å². The number of likely N-dealkylation sites (N-methyl/N-ethyl adjacent to an activating group) is 1. The Labute approximate surface area is 104 Å². The first-order valence-electron chi connectivity index (χ1n) is 6.18. The van der Waals surface area contributed by atoms with E-state index in [2.05, 4.69) is 30.8 Å². The van der Waals surface area contributed by atoms with Crippen molar-refractivity contribution in [2.45, 2.75) is 33.3 Å². The van der Waals surface area contributed by atoms with Crippen LogP contribution in [0.5, 0.6) is 0 Å². The molecular weight excluding hydrogens is 212 g/mol. The normalized spacial score (nSPS) is 14.0. The third-order valence-electron chi connectivity index (χ3n) is 3.28. The molecule has 0 saturated heterocycles. The van der Waals surface area contributed by atoms with Crippen molar-refractivity contribution in [3.8, 4) is 0 Å². The molecule has 1 atom stereocenters. The molecule has 0 aromatic carbocycles. The number of hydrogen-bond acceptors (Lipinski definition) is 3. The molecule has 1 aromatic rings. The van der Waals surface area contributed by atoms with E-state index in [1.54, 1.807) is 0 Å². The monoisotopic (exact) mass is 236 g/mol. The highest BCUT2D eigenvalue weighted by molar-refractivity contribution is 5.03. The molecule has 17 heavy (non-hydrogen) atoms. The van der Waals surface area contributed by atoms with Gasteiger partial charge in [-0.15, -0.1) is 0 Å². The minimum atomic E-state index is -0.292. The Morgan fingerprint density at radius 3 is 2.65 bits per heavy atom. The lowest BCUT2D eigenvalue weighted by molar-refractivity contribution is 0.0411. The maximum absolute atomic E-state index is 9.68. The van der Waals surface area contributed by atoms with Gasteiger partial charge in [-0.25, -0.2) is 0 Å². The van der Waals surface area contributed by atoms with Gasteiger partial charge in [0.05, 0.1) is 6.10 Å². The highest BCUT2D eigenvalue weighted by Crippen LogP contribution is 2.21. The lowest BCUT2D eigenvalue weighted by atomic mass is 9.87. The molecule has 0 aliphatic rings. The molecule has 0 fully saturated rings. The van der Waals surface area contributed by atoms with Gasteiger partial charge in [0, 0.05) is 36.8 Å². The van der Waals surface area contributed by atoms with E-state index in [9.17, 15) is 5.11 Å². The Morgan fingerprint density at radius 1 is 1.41 bits per heavy atom. The quantitative estimate of drug-likeness (QED) is 0.820. The minimum absolute atomic E-state index is 0.0706. The molecule has 1 N–H and O–H groups in total. The van der Waals surface area contributed by atoms with Crippen LogP contribution in [-0.4, -0.2) is 41.2 Å². The molecule has 1 rings (SSSR count). The first kappa shape index (κ1) is 14.1. The maximum Gasteiger partial charge on any atom is 0.0575 e. The summed E-state index contributed by atoms with van der Waals surface area (Å²) in [5, 5.41) is 9.68. The molecule has 0 aliphatic carbocycles. The molecule has 3 heteroatoms. The van der Waals surface area contributed by atoms with E-state index in [0.29, 0.717) is 0 Å². The number of aliphatic hydroxyl groups is 1. The number of nitrogens with zero attached hydrogens (tertiary/aromatic N) is 2. The highest BCUT2D eigenvalue weighted by atomic mass is 16.3. The second kappa shape index (κ2) is 6.12. The predicted octanol–water partition coefficient (Wildman–Crippen LogP) is 1.96. The number of aromatic nitrogens is 1. The maximum atomic E-state index is 9.68. The van der Waals surface area contributed by atoms with Crippen LogP contribution in [0.2, 0.25) is 0 Å². The van der Waals surface area contributed by atoms with E-state index in [0.717, 1.165) is 25.2 Å². The van der Waals surface area contributed by atoms with Crippen molar-refractivity contribution >= 4 is 0 Å². The van der Waals surface area contributed by atoms with E-state index >= 15 is 0 Å². The van der Waals surface area contributed by atoms with Crippen molar-refractivity contribution in [3.05, 3.63) is 30.1 Å². The fraction of sp³-hybridized carbons (Fsp3) is 0.643. The molecule has 96 valence electrons. The smallest absolute Gasteiger partial charge is 0.0575 e. The second-order valence-corrected chi connectivity index (χ2v) is 5.47. The van der Waals surface area contributed by atoms with E-state index in [1.165, 1.54) is 0 Å². The lowest BCUT2D eigenvalue weighted by Gasteiger charge is -2.32. The first-order chi connectivity index (χ1) is 7.92. The molecule has 3 nitrogen and oxygen atoms in total. The Morgan fingerprint density at radius 2 is 2.12 bits per heavy atom. The van der Waals surface area contributed by atoms with Crippen LogP contribution in [0.1, 0.15) is 26.5 Å². The third-order valence-corrected chi connectivity index (χ3v) is 3.28. The van der Waals surface area contributed by atoms with Crippen LogP contribution in [0.4, 0.5) is 0 Å². The highest BCUT2D eigenvalue weighted by Gasteiger charge is 2.25. The van der Waals surface area contributed by atoms with Crippen LogP contribution in [0.15, 0.2) is 24.4 Å². The molecule has 0 spiro atoms. The fourth-order valence-corrected chi connectivity index (χ4v) is 1.76. The van der Waals surface area contributed by atoms with Gasteiger partial charge >= 0.3 is 0 Å². The van der Waals surface area contributed by atoms with Crippen LogP contribution in [-0.2, 0) is 6.42 Å². The van der Waals surface area contributed by atoms with Crippen molar-refractivity contribution < 1.29 is 5.11 Å². The summed E-state index contributed by atoms with van der Waals surface area (Å²) >= 11 is 0. The van der Waals surface area contributed by atoms with Crippen LogP contribution < -0.4 is 0 Å². The van der Waals surface area contributed by atoms with Gasteiger partial charge in [0.15, 0.2) is 0 Å². The summed E-state index contributed by atoms with van der Waals surface area (Å²) in [4.78, 5) is 6.56. The molecule has 0 radical (unpaired) electrons. The molecule has 1 unspecified atom stereocenters. The topological polar surface area (TPSA) is 36.4 Å². The van der Waals surface area contributed by atoms with E-state index in [4.69, 9.17) is 0 Å². The van der Waals surface area contributed by atoms with Crippen molar-refractivity contribution in [2.24, 2.45) is 5.41 Å². The molecule has 0 aliphatic heterocycles. The van der Waals surface area contributed by atoms with Gasteiger partial charge in [0.2, 0.25) is 0 Å². The van der Waals surface area contributed by atoms with Crippen molar-refractivity contribution in [1.29, 1.82) is 0 Å². The van der Waals surface area contributed by atoms with Gasteiger partial charge in [-0.2, -0.15) is 0 Å². The second-order valence-electron chi connectivity index (χ2n) is 5.47. The van der Waals surface area contributed by atoms with Gasteiger partial charge in [0.1, 0.15) is 0 Å². The summed E-state index contributed by atoms with van der Waals surface area (Å²) in [5.41, 5.74) is 1.05. The van der Waals surface area contributed by atoms with Crippen LogP contribution in [0.25, 0.3) is 0 Å². The number of rotatable bonds is 6. The first-order valence-corrected chi connectivity index (χ1v) is 6.18. The Hall–Kier alpha value is -0.930. The standard InChI is InChI=1S/C14H24N2O/c1-12(17)14(2,3)11-16(4)10-8-13-7-5-6-9-15-13/h5-7,9,12,17H,8,10-11H2,1-4H3. The summed E-state index contributed by atoms with van der Waals surface area (Å²) in [7, 11) is 2.09. The van der Waals surface area contributed by atoms with Gasteiger partial charge in [-0.1, -0.05) is 19.9 Å². The zero-order valence-electron chi connectivity index (χ0n) is 11.3. The van der Waals surface area contributed by atoms with Crippen LogP contribution >= 0.6 is 0 Å². The minimum Gasteiger partial charge on any atom is -0.393 e. The molecule has 0 bridgehead atoms. The number of pyridine rings is 1. The summed E-state index contributed by atoms with van der Waals surface area (Å²) < 4.78 is 0. The summed E-state index contributed by atoms with van der Waals surface area (Å²) in [5.74, 6) is 0. The van der Waals surface area contributed by atoms with Gasteiger partial charge in [-0.05, 0) is 26.1 Å². The number of hydrogen-bond donors (Lipinski definition) is 1. The van der Waals surface area contributed by atoms with Gasteiger partial charge in [-0.3, -0.25) is 4.98 Å². The molecule has 1 aromatic heterocycles. The molecule has 0 amide bonds. The van der Waals surface area contributed by atoms with E-state index in [1.807, 2.05) is 31.3 Å². The SMILES string of the molecule is CC(O)C(C)(C)CN(C)CCc1ccccn1. The summed E-state index contributed by atoms with van der Waals surface area (Å²) in [6.07, 6.45) is 2.49. The van der Waals surface area contributed by atoms with Gasteiger partial charge in [0.25, 0.3) is 0 Å². The predicted molar refractivity (Wildman–Crippen MR) is 70.9 cm³/mol. The number of aliphatic hydroxyl groups excluding tert-OH is 1. The van der Waals surface area contributed by atoms with Crippen molar-refractivity contribution in [3.63, 3.8) is 0 Å². The fourth-order valence-electron chi connectivity index (χ4n) is 1.76. The Kier molecular flexibility index (Phi) is 5.09. The summed E-state index contributed by atoms with van der Waals surface area (Å²) in [6, 6.07) is 6.00. The zero-order chi connectivity index (χ0) is 12.9. The summed E-state index contributed by atoms with van der Waals surface area (Å²) in [6.45, 7) is 7.89. The van der Waals surface area contributed by atoms with Crippen molar-refractivity contribution in [2.75, 3.05) is 20.1 Å². The Bertz CT molecular complexity index is 322.